The van der Waals surface area contributed by atoms with Gasteiger partial charge in [-0.3, -0.25) is 4.79 Å². The van der Waals surface area contributed by atoms with Gasteiger partial charge in [0.1, 0.15) is 6.54 Å². The summed E-state index contributed by atoms with van der Waals surface area (Å²) < 4.78 is 5.45. The van der Waals surface area contributed by atoms with Gasteiger partial charge in [0.25, 0.3) is 0 Å². The van der Waals surface area contributed by atoms with E-state index in [0.717, 1.165) is 44.9 Å². The van der Waals surface area contributed by atoms with Crippen molar-refractivity contribution in [1.82, 2.24) is 15.5 Å². The van der Waals surface area contributed by atoms with Crippen LogP contribution in [-0.4, -0.2) is 62.7 Å². The van der Waals surface area contributed by atoms with Crippen molar-refractivity contribution in [1.29, 1.82) is 0 Å². The number of likely N-dealkylation sites (N-methyl/N-ethyl adjacent to an activating group) is 1. The number of carbonyl (C=O) groups excluding carboxylic acids is 1. The molecule has 2 aliphatic rings. The normalized spacial score (nSPS) is 23.3. The van der Waals surface area contributed by atoms with E-state index >= 15 is 0 Å². The minimum absolute atomic E-state index is 0. The Balaban J connectivity index is 0.00000364. The first-order chi connectivity index (χ1) is 12.1. The molecule has 0 bridgehead atoms. The summed E-state index contributed by atoms with van der Waals surface area (Å²) >= 11 is 0. The summed E-state index contributed by atoms with van der Waals surface area (Å²) in [6.45, 7) is 11.1. The Labute approximate surface area is 182 Å². The lowest BCUT2D eigenvalue weighted by molar-refractivity contribution is -0.127. The molecule has 0 atom stereocenters. The van der Waals surface area contributed by atoms with Gasteiger partial charge in [0.05, 0.1) is 0 Å². The fourth-order valence-electron chi connectivity index (χ4n) is 4.60. The van der Waals surface area contributed by atoms with Crippen LogP contribution >= 0.6 is 24.0 Å². The molecule has 1 amide bonds. The predicted molar refractivity (Wildman–Crippen MR) is 122 cm³/mol. The van der Waals surface area contributed by atoms with Crippen molar-refractivity contribution in [2.75, 3.05) is 33.9 Å². The standard InChI is InChI=1S/C20H38N4O2.HI/c1-19(2)11-16(12-20(3,4)14-19)23-18(21-13-17(25)24(5)6)22-15-7-9-26-10-8-15;/h15-16H,7-14H2,1-6H3,(H2,21,22,23);1H. The van der Waals surface area contributed by atoms with Crippen LogP contribution in [0.25, 0.3) is 0 Å². The number of nitrogens with zero attached hydrogens (tertiary/aromatic N) is 2. The van der Waals surface area contributed by atoms with E-state index in [-0.39, 0.29) is 36.4 Å². The molecule has 1 saturated carbocycles. The second kappa shape index (κ2) is 10.3. The number of nitrogens with one attached hydrogen (secondary N) is 2. The van der Waals surface area contributed by atoms with E-state index in [0.29, 0.717) is 22.9 Å². The summed E-state index contributed by atoms with van der Waals surface area (Å²) in [6, 6.07) is 0.725. The average molecular weight is 494 g/mol. The molecule has 0 aromatic rings. The first-order valence-electron chi connectivity index (χ1n) is 9.92. The Kier molecular flexibility index (Phi) is 9.31. The fourth-order valence-corrected chi connectivity index (χ4v) is 4.60. The quantitative estimate of drug-likeness (QED) is 0.358. The first-order valence-corrected chi connectivity index (χ1v) is 9.92. The van der Waals surface area contributed by atoms with Gasteiger partial charge in [-0.15, -0.1) is 24.0 Å². The number of aliphatic imine (C=N–C) groups is 1. The van der Waals surface area contributed by atoms with E-state index in [2.05, 4.69) is 43.3 Å². The molecule has 27 heavy (non-hydrogen) atoms. The van der Waals surface area contributed by atoms with E-state index in [1.807, 2.05) is 0 Å². The number of hydrogen-bond donors (Lipinski definition) is 2. The molecule has 1 aliphatic carbocycles. The Morgan fingerprint density at radius 2 is 1.56 bits per heavy atom. The van der Waals surface area contributed by atoms with Crippen molar-refractivity contribution >= 4 is 35.8 Å². The molecule has 0 aromatic heterocycles. The average Bonchev–Trinajstić information content (AvgIpc) is 2.50. The number of hydrogen-bond acceptors (Lipinski definition) is 3. The highest BCUT2D eigenvalue weighted by molar-refractivity contribution is 14.0. The number of ether oxygens (including phenoxy) is 1. The molecule has 1 heterocycles. The van der Waals surface area contributed by atoms with Crippen LogP contribution in [0.3, 0.4) is 0 Å². The topological polar surface area (TPSA) is 66.0 Å². The summed E-state index contributed by atoms with van der Waals surface area (Å²) in [6.07, 6.45) is 5.42. The predicted octanol–water partition coefficient (Wildman–Crippen LogP) is 3.01. The van der Waals surface area contributed by atoms with Crippen LogP contribution in [0.5, 0.6) is 0 Å². The van der Waals surface area contributed by atoms with Gasteiger partial charge in [0, 0.05) is 39.4 Å². The van der Waals surface area contributed by atoms with Crippen LogP contribution in [0.4, 0.5) is 0 Å². The molecule has 1 aliphatic heterocycles. The third-order valence-electron chi connectivity index (χ3n) is 5.33. The molecule has 6 nitrogen and oxygen atoms in total. The van der Waals surface area contributed by atoms with Crippen LogP contribution in [0.1, 0.15) is 59.8 Å². The van der Waals surface area contributed by atoms with Crippen molar-refractivity contribution in [3.63, 3.8) is 0 Å². The lowest BCUT2D eigenvalue weighted by Gasteiger charge is -2.45. The number of rotatable bonds is 4. The molecular weight excluding hydrogens is 455 g/mol. The zero-order chi connectivity index (χ0) is 19.4. The van der Waals surface area contributed by atoms with Gasteiger partial charge >= 0.3 is 0 Å². The van der Waals surface area contributed by atoms with E-state index in [1.54, 1.807) is 19.0 Å². The van der Waals surface area contributed by atoms with E-state index in [4.69, 9.17) is 4.74 Å². The molecule has 2 N–H and O–H groups in total. The molecule has 7 heteroatoms. The van der Waals surface area contributed by atoms with Gasteiger partial charge in [-0.1, -0.05) is 27.7 Å². The molecular formula is C20H39IN4O2. The van der Waals surface area contributed by atoms with Crippen LogP contribution in [-0.2, 0) is 9.53 Å². The van der Waals surface area contributed by atoms with Crippen LogP contribution in [0, 0.1) is 10.8 Å². The zero-order valence-electron chi connectivity index (χ0n) is 17.9. The Morgan fingerprint density at radius 3 is 2.07 bits per heavy atom. The van der Waals surface area contributed by atoms with Crippen molar-refractivity contribution in [2.24, 2.45) is 15.8 Å². The van der Waals surface area contributed by atoms with Crippen LogP contribution in [0.2, 0.25) is 0 Å². The van der Waals surface area contributed by atoms with Gasteiger partial charge in [-0.25, -0.2) is 4.99 Å². The molecule has 0 aromatic carbocycles. The summed E-state index contributed by atoms with van der Waals surface area (Å²) in [5.41, 5.74) is 0.616. The maximum Gasteiger partial charge on any atom is 0.243 e. The largest absolute Gasteiger partial charge is 0.381 e. The van der Waals surface area contributed by atoms with Gasteiger partial charge < -0.3 is 20.3 Å². The maximum atomic E-state index is 12.0. The smallest absolute Gasteiger partial charge is 0.243 e. The molecule has 158 valence electrons. The lowest BCUT2D eigenvalue weighted by atomic mass is 9.63. The van der Waals surface area contributed by atoms with E-state index in [1.165, 1.54) is 6.42 Å². The highest BCUT2D eigenvalue weighted by Crippen LogP contribution is 2.45. The summed E-state index contributed by atoms with van der Waals surface area (Å²) in [4.78, 5) is 18.2. The Hall–Kier alpha value is -0.570. The molecule has 0 spiro atoms. The number of amides is 1. The lowest BCUT2D eigenvalue weighted by Crippen LogP contribution is -2.52. The van der Waals surface area contributed by atoms with Gasteiger partial charge in [0.2, 0.25) is 5.91 Å². The monoisotopic (exact) mass is 494 g/mol. The van der Waals surface area contributed by atoms with Gasteiger partial charge in [-0.05, 0) is 42.9 Å². The van der Waals surface area contributed by atoms with Crippen molar-refractivity contribution in [3.8, 4) is 0 Å². The SMILES string of the molecule is CN(C)C(=O)CN=C(NC1CCOCC1)NC1CC(C)(C)CC(C)(C)C1.I. The first kappa shape index (κ1) is 24.5. The zero-order valence-corrected chi connectivity index (χ0v) is 20.3. The fraction of sp³-hybridized carbons (Fsp3) is 0.900. The molecule has 0 unspecified atom stereocenters. The summed E-state index contributed by atoms with van der Waals surface area (Å²) in [5, 5.41) is 7.18. The molecule has 2 fully saturated rings. The van der Waals surface area contributed by atoms with Gasteiger partial charge in [-0.2, -0.15) is 0 Å². The maximum absolute atomic E-state index is 12.0. The third kappa shape index (κ3) is 8.54. The second-order valence-electron chi connectivity index (χ2n) is 9.74. The van der Waals surface area contributed by atoms with Crippen LogP contribution < -0.4 is 10.6 Å². The molecule has 2 rings (SSSR count). The Bertz CT molecular complexity index is 498. The third-order valence-corrected chi connectivity index (χ3v) is 5.33. The minimum atomic E-state index is 0. The summed E-state index contributed by atoms with van der Waals surface area (Å²) in [7, 11) is 3.53. The van der Waals surface area contributed by atoms with Crippen molar-refractivity contribution in [2.45, 2.75) is 71.9 Å². The summed E-state index contributed by atoms with van der Waals surface area (Å²) in [5.74, 6) is 0.785. The van der Waals surface area contributed by atoms with Gasteiger partial charge in [0.15, 0.2) is 5.96 Å². The van der Waals surface area contributed by atoms with E-state index in [9.17, 15) is 4.79 Å². The number of halogens is 1. The Morgan fingerprint density at radius 1 is 1.04 bits per heavy atom. The molecule has 1 saturated heterocycles. The van der Waals surface area contributed by atoms with Crippen molar-refractivity contribution < 1.29 is 9.53 Å². The number of guanidine groups is 1. The van der Waals surface area contributed by atoms with Crippen molar-refractivity contribution in [3.05, 3.63) is 0 Å². The minimum Gasteiger partial charge on any atom is -0.381 e. The highest BCUT2D eigenvalue weighted by Gasteiger charge is 2.38. The second-order valence-corrected chi connectivity index (χ2v) is 9.74. The van der Waals surface area contributed by atoms with Crippen LogP contribution in [0.15, 0.2) is 4.99 Å². The molecule has 0 radical (unpaired) electrons. The number of carbonyl (C=O) groups is 1. The van der Waals surface area contributed by atoms with E-state index < -0.39 is 0 Å². The highest BCUT2D eigenvalue weighted by atomic mass is 127.